The van der Waals surface area contributed by atoms with Gasteiger partial charge in [0.15, 0.2) is 0 Å². The lowest BCUT2D eigenvalue weighted by Gasteiger charge is -2.36. The normalized spacial score (nSPS) is 14.9. The fraction of sp³-hybridized carbons (Fsp3) is 0.348. The second-order valence-electron chi connectivity index (χ2n) is 7.15. The Morgan fingerprint density at radius 3 is 2.52 bits per heavy atom. The second kappa shape index (κ2) is 9.01. The molecule has 6 nitrogen and oxygen atoms in total. The van der Waals surface area contributed by atoms with E-state index in [0.717, 1.165) is 50.3 Å². The van der Waals surface area contributed by atoms with E-state index >= 15 is 0 Å². The van der Waals surface area contributed by atoms with Crippen molar-refractivity contribution in [2.24, 2.45) is 0 Å². The number of hydrogen-bond acceptors (Lipinski definition) is 6. The van der Waals surface area contributed by atoms with Crippen LogP contribution in [0.15, 0.2) is 63.8 Å². The van der Waals surface area contributed by atoms with E-state index < -0.39 is 0 Å². The molecule has 0 aliphatic carbocycles. The molecule has 1 saturated heterocycles. The largest absolute Gasteiger partial charge is 0.497 e. The summed E-state index contributed by atoms with van der Waals surface area (Å²) in [7, 11) is 1.69. The zero-order valence-electron chi connectivity index (χ0n) is 16.7. The van der Waals surface area contributed by atoms with Gasteiger partial charge in [0.2, 0.25) is 0 Å². The van der Waals surface area contributed by atoms with Crippen LogP contribution in [-0.2, 0) is 0 Å². The molecule has 0 amide bonds. The summed E-state index contributed by atoms with van der Waals surface area (Å²) in [6, 6.07) is 17.1. The highest BCUT2D eigenvalue weighted by Crippen LogP contribution is 2.23. The minimum atomic E-state index is -0.381. The third-order valence-electron chi connectivity index (χ3n) is 5.30. The minimum absolute atomic E-state index is 0.381. The van der Waals surface area contributed by atoms with Gasteiger partial charge in [-0.25, -0.2) is 4.79 Å². The zero-order chi connectivity index (χ0) is 20.1. The molecular formula is C23H26N2O4. The molecule has 0 N–H and O–H groups in total. The summed E-state index contributed by atoms with van der Waals surface area (Å²) < 4.78 is 16.3. The maximum absolute atomic E-state index is 11.7. The van der Waals surface area contributed by atoms with Gasteiger partial charge in [-0.2, -0.15) is 0 Å². The quantitative estimate of drug-likeness (QED) is 0.452. The molecule has 4 rings (SSSR count). The molecule has 1 aromatic heterocycles. The van der Waals surface area contributed by atoms with Gasteiger partial charge in [-0.15, -0.1) is 0 Å². The summed E-state index contributed by atoms with van der Waals surface area (Å²) in [5.74, 6) is 1.48. The first kappa shape index (κ1) is 19.3. The van der Waals surface area contributed by atoms with Gasteiger partial charge in [0.05, 0.1) is 25.2 Å². The highest BCUT2D eigenvalue weighted by molar-refractivity contribution is 5.82. The Bertz CT molecular complexity index is 992. The van der Waals surface area contributed by atoms with Crippen molar-refractivity contribution in [2.45, 2.75) is 6.42 Å². The molecular weight excluding hydrogens is 368 g/mol. The van der Waals surface area contributed by atoms with E-state index in [1.54, 1.807) is 13.2 Å². The topological polar surface area (TPSA) is 55.2 Å². The van der Waals surface area contributed by atoms with E-state index in [0.29, 0.717) is 17.9 Å². The molecule has 0 unspecified atom stereocenters. The Hall–Kier alpha value is -2.99. The van der Waals surface area contributed by atoms with Crippen molar-refractivity contribution in [3.05, 3.63) is 65.0 Å². The lowest BCUT2D eigenvalue weighted by molar-refractivity contribution is 0.225. The molecule has 29 heavy (non-hydrogen) atoms. The lowest BCUT2D eigenvalue weighted by Crippen LogP contribution is -2.46. The molecule has 1 fully saturated rings. The summed E-state index contributed by atoms with van der Waals surface area (Å²) in [6.07, 6.45) is 0.914. The Kier molecular flexibility index (Phi) is 6.00. The van der Waals surface area contributed by atoms with Crippen molar-refractivity contribution in [1.29, 1.82) is 0 Å². The van der Waals surface area contributed by atoms with E-state index in [4.69, 9.17) is 13.9 Å². The van der Waals surface area contributed by atoms with Crippen LogP contribution >= 0.6 is 0 Å². The van der Waals surface area contributed by atoms with E-state index in [1.165, 1.54) is 11.8 Å². The van der Waals surface area contributed by atoms with E-state index in [1.807, 2.05) is 30.3 Å². The van der Waals surface area contributed by atoms with Gasteiger partial charge in [-0.3, -0.25) is 4.90 Å². The Morgan fingerprint density at radius 1 is 1.00 bits per heavy atom. The van der Waals surface area contributed by atoms with Crippen LogP contribution in [-0.4, -0.2) is 51.3 Å². The molecule has 0 saturated carbocycles. The smallest absolute Gasteiger partial charge is 0.339 e. The summed E-state index contributed by atoms with van der Waals surface area (Å²) in [6.45, 7) is 5.64. The SMILES string of the molecule is COc1ccc(N2CCN(CCCOc3cc(=O)oc4ccccc34)CC2)cc1. The molecule has 152 valence electrons. The van der Waals surface area contributed by atoms with Gasteiger partial charge in [0.1, 0.15) is 17.1 Å². The van der Waals surface area contributed by atoms with Crippen LogP contribution in [0.4, 0.5) is 5.69 Å². The van der Waals surface area contributed by atoms with Gasteiger partial charge >= 0.3 is 5.63 Å². The van der Waals surface area contributed by atoms with Crippen LogP contribution in [0.25, 0.3) is 11.0 Å². The monoisotopic (exact) mass is 394 g/mol. The number of benzene rings is 2. The maximum Gasteiger partial charge on any atom is 0.339 e. The van der Waals surface area contributed by atoms with Crippen molar-refractivity contribution in [3.8, 4) is 11.5 Å². The lowest BCUT2D eigenvalue weighted by atomic mass is 10.2. The number of anilines is 1. The molecule has 2 heterocycles. The van der Waals surface area contributed by atoms with Crippen molar-refractivity contribution in [3.63, 3.8) is 0 Å². The average Bonchev–Trinajstić information content (AvgIpc) is 2.77. The first-order valence-electron chi connectivity index (χ1n) is 10.00. The zero-order valence-corrected chi connectivity index (χ0v) is 16.7. The van der Waals surface area contributed by atoms with Gasteiger partial charge < -0.3 is 18.8 Å². The Labute approximate surface area is 170 Å². The first-order valence-corrected chi connectivity index (χ1v) is 10.00. The van der Waals surface area contributed by atoms with Crippen LogP contribution < -0.4 is 20.0 Å². The highest BCUT2D eigenvalue weighted by Gasteiger charge is 2.17. The highest BCUT2D eigenvalue weighted by atomic mass is 16.5. The van der Waals surface area contributed by atoms with E-state index in [2.05, 4.69) is 21.9 Å². The average molecular weight is 394 g/mol. The molecule has 0 radical (unpaired) electrons. The predicted molar refractivity (Wildman–Crippen MR) is 114 cm³/mol. The second-order valence-corrected chi connectivity index (χ2v) is 7.15. The van der Waals surface area contributed by atoms with Crippen molar-refractivity contribution in [2.75, 3.05) is 51.3 Å². The van der Waals surface area contributed by atoms with Crippen LogP contribution in [0.3, 0.4) is 0 Å². The van der Waals surface area contributed by atoms with Crippen molar-refractivity contribution < 1.29 is 13.9 Å². The first-order chi connectivity index (χ1) is 14.2. The molecule has 6 heteroatoms. The van der Waals surface area contributed by atoms with E-state index in [-0.39, 0.29) is 5.63 Å². The fourth-order valence-corrected chi connectivity index (χ4v) is 3.69. The molecule has 0 bridgehead atoms. The molecule has 0 spiro atoms. The van der Waals surface area contributed by atoms with Gasteiger partial charge in [0, 0.05) is 38.4 Å². The predicted octanol–water partition coefficient (Wildman–Crippen LogP) is 3.39. The van der Waals surface area contributed by atoms with Crippen LogP contribution in [0.5, 0.6) is 11.5 Å². The summed E-state index contributed by atoms with van der Waals surface area (Å²) in [5.41, 5.74) is 1.42. The van der Waals surface area contributed by atoms with Crippen LogP contribution in [0, 0.1) is 0 Å². The standard InChI is InChI=1S/C23H26N2O4/c1-27-19-9-7-18(8-10-19)25-14-12-24(13-15-25)11-4-16-28-22-17-23(26)29-21-6-3-2-5-20(21)22/h2-3,5-10,17H,4,11-16H2,1H3. The van der Waals surface area contributed by atoms with Crippen LogP contribution in [0.2, 0.25) is 0 Å². The number of hydrogen-bond donors (Lipinski definition) is 0. The Balaban J connectivity index is 1.24. The number of rotatable bonds is 7. The molecule has 1 aliphatic rings. The van der Waals surface area contributed by atoms with Gasteiger partial charge in [-0.05, 0) is 42.8 Å². The number of fused-ring (bicyclic) bond motifs is 1. The maximum atomic E-state index is 11.7. The number of nitrogens with zero attached hydrogens (tertiary/aromatic N) is 2. The third kappa shape index (κ3) is 4.71. The number of para-hydroxylation sites is 1. The Morgan fingerprint density at radius 2 is 1.76 bits per heavy atom. The number of ether oxygens (including phenoxy) is 2. The number of piperazine rings is 1. The van der Waals surface area contributed by atoms with E-state index in [9.17, 15) is 4.79 Å². The molecule has 2 aromatic carbocycles. The molecule has 3 aromatic rings. The van der Waals surface area contributed by atoms with Gasteiger partial charge in [0.25, 0.3) is 0 Å². The summed E-state index contributed by atoms with van der Waals surface area (Å²) in [4.78, 5) is 16.6. The third-order valence-corrected chi connectivity index (χ3v) is 5.30. The number of methoxy groups -OCH3 is 1. The van der Waals surface area contributed by atoms with Gasteiger partial charge in [-0.1, -0.05) is 12.1 Å². The van der Waals surface area contributed by atoms with Crippen molar-refractivity contribution in [1.82, 2.24) is 4.90 Å². The minimum Gasteiger partial charge on any atom is -0.497 e. The summed E-state index contributed by atoms with van der Waals surface area (Å²) >= 11 is 0. The molecule has 0 atom stereocenters. The van der Waals surface area contributed by atoms with Crippen LogP contribution in [0.1, 0.15) is 6.42 Å². The fourth-order valence-electron chi connectivity index (χ4n) is 3.69. The van der Waals surface area contributed by atoms with Crippen molar-refractivity contribution >= 4 is 16.7 Å². The molecule has 1 aliphatic heterocycles. The summed E-state index contributed by atoms with van der Waals surface area (Å²) in [5, 5.41) is 0.834.